The lowest BCUT2D eigenvalue weighted by atomic mass is 10.1. The van der Waals surface area contributed by atoms with Crippen molar-refractivity contribution in [2.75, 3.05) is 19.7 Å². The van der Waals surface area contributed by atoms with Gasteiger partial charge in [-0.1, -0.05) is 20.3 Å². The standard InChI is InChI=1S/C12H26N4O/c1-4-6-7-14-12(15-13)16-8-10(3)17-9-11(16)5-2/h10-11H,4-9,13H2,1-3H3,(H,14,15). The summed E-state index contributed by atoms with van der Waals surface area (Å²) in [4.78, 5) is 6.78. The first kappa shape index (κ1) is 14.3. The molecule has 0 amide bonds. The van der Waals surface area contributed by atoms with E-state index in [0.29, 0.717) is 6.04 Å². The summed E-state index contributed by atoms with van der Waals surface area (Å²) < 4.78 is 5.67. The normalized spacial score (nSPS) is 26.1. The number of rotatable bonds is 4. The summed E-state index contributed by atoms with van der Waals surface area (Å²) in [7, 11) is 0. The van der Waals surface area contributed by atoms with Crippen LogP contribution < -0.4 is 11.3 Å². The minimum Gasteiger partial charge on any atom is -0.375 e. The van der Waals surface area contributed by atoms with Crippen LogP contribution in [0, 0.1) is 0 Å². The number of hydrogen-bond acceptors (Lipinski definition) is 3. The average Bonchev–Trinajstić information content (AvgIpc) is 2.35. The molecule has 1 heterocycles. The Bertz CT molecular complexity index is 245. The largest absolute Gasteiger partial charge is 0.375 e. The molecule has 0 spiro atoms. The van der Waals surface area contributed by atoms with Gasteiger partial charge in [-0.15, -0.1) is 0 Å². The number of nitrogens with two attached hydrogens (primary N) is 1. The Morgan fingerprint density at radius 3 is 2.88 bits per heavy atom. The molecule has 5 heteroatoms. The third-order valence-corrected chi connectivity index (χ3v) is 3.11. The maximum absolute atomic E-state index is 5.67. The highest BCUT2D eigenvalue weighted by atomic mass is 16.5. The summed E-state index contributed by atoms with van der Waals surface area (Å²) >= 11 is 0. The molecule has 1 saturated heterocycles. The molecular weight excluding hydrogens is 216 g/mol. The number of nitrogens with zero attached hydrogens (tertiary/aromatic N) is 2. The van der Waals surface area contributed by atoms with Crippen LogP contribution in [-0.2, 0) is 4.74 Å². The Morgan fingerprint density at radius 2 is 2.29 bits per heavy atom. The number of guanidine groups is 1. The highest BCUT2D eigenvalue weighted by molar-refractivity contribution is 5.79. The molecule has 0 aromatic rings. The molecule has 1 aliphatic rings. The van der Waals surface area contributed by atoms with Crippen LogP contribution >= 0.6 is 0 Å². The molecule has 1 rings (SSSR count). The molecule has 0 aromatic carbocycles. The third-order valence-electron chi connectivity index (χ3n) is 3.11. The van der Waals surface area contributed by atoms with E-state index in [1.165, 1.54) is 0 Å². The maximum Gasteiger partial charge on any atom is 0.208 e. The van der Waals surface area contributed by atoms with Crippen LogP contribution in [0.1, 0.15) is 40.0 Å². The molecule has 1 fully saturated rings. The van der Waals surface area contributed by atoms with Gasteiger partial charge >= 0.3 is 0 Å². The summed E-state index contributed by atoms with van der Waals surface area (Å²) in [5.41, 5.74) is 2.74. The Kier molecular flexibility index (Phi) is 6.29. The number of aliphatic imine (C=N–C) groups is 1. The van der Waals surface area contributed by atoms with Crippen molar-refractivity contribution in [1.82, 2.24) is 10.3 Å². The van der Waals surface area contributed by atoms with E-state index < -0.39 is 0 Å². The number of unbranched alkanes of at least 4 members (excludes halogenated alkanes) is 1. The van der Waals surface area contributed by atoms with Crippen molar-refractivity contribution in [1.29, 1.82) is 0 Å². The van der Waals surface area contributed by atoms with E-state index in [0.717, 1.165) is 44.9 Å². The zero-order chi connectivity index (χ0) is 12.7. The van der Waals surface area contributed by atoms with Gasteiger partial charge in [0, 0.05) is 13.1 Å². The first-order valence-electron chi connectivity index (χ1n) is 6.62. The summed E-state index contributed by atoms with van der Waals surface area (Å²) in [6.45, 7) is 8.85. The van der Waals surface area contributed by atoms with Gasteiger partial charge in [-0.25, -0.2) is 5.84 Å². The minimum absolute atomic E-state index is 0.238. The number of hydrogen-bond donors (Lipinski definition) is 2. The molecule has 17 heavy (non-hydrogen) atoms. The van der Waals surface area contributed by atoms with E-state index in [1.54, 1.807) is 0 Å². The molecule has 0 saturated carbocycles. The minimum atomic E-state index is 0.238. The SMILES string of the molecule is CCCCN=C(NN)N1CC(C)OCC1CC. The fourth-order valence-corrected chi connectivity index (χ4v) is 2.00. The third kappa shape index (κ3) is 4.16. The van der Waals surface area contributed by atoms with Crippen molar-refractivity contribution in [3.63, 3.8) is 0 Å². The zero-order valence-electron chi connectivity index (χ0n) is 11.3. The van der Waals surface area contributed by atoms with Crippen LogP contribution in [0.3, 0.4) is 0 Å². The molecular formula is C12H26N4O. The van der Waals surface area contributed by atoms with Gasteiger partial charge in [0.25, 0.3) is 0 Å². The van der Waals surface area contributed by atoms with Crippen LogP contribution in [0.5, 0.6) is 0 Å². The Balaban J connectivity index is 2.65. The van der Waals surface area contributed by atoms with Crippen molar-refractivity contribution in [2.45, 2.75) is 52.2 Å². The predicted molar refractivity (Wildman–Crippen MR) is 70.7 cm³/mol. The quantitative estimate of drug-likeness (QED) is 0.255. The number of nitrogens with one attached hydrogen (secondary N) is 1. The topological polar surface area (TPSA) is 62.9 Å². The van der Waals surface area contributed by atoms with E-state index in [4.69, 9.17) is 10.6 Å². The van der Waals surface area contributed by atoms with Crippen molar-refractivity contribution in [2.24, 2.45) is 10.8 Å². The monoisotopic (exact) mass is 242 g/mol. The number of ether oxygens (including phenoxy) is 1. The first-order chi connectivity index (χ1) is 8.22. The van der Waals surface area contributed by atoms with E-state index in [1.807, 2.05) is 0 Å². The lowest BCUT2D eigenvalue weighted by molar-refractivity contribution is -0.0297. The Labute approximate surface area is 104 Å². The second kappa shape index (κ2) is 7.50. The van der Waals surface area contributed by atoms with Crippen LogP contribution in [0.2, 0.25) is 0 Å². The van der Waals surface area contributed by atoms with Gasteiger partial charge in [0.15, 0.2) is 0 Å². The van der Waals surface area contributed by atoms with Crippen LogP contribution in [0.4, 0.5) is 0 Å². The lowest BCUT2D eigenvalue weighted by Crippen LogP contribution is -2.56. The molecule has 2 atom stereocenters. The van der Waals surface area contributed by atoms with Gasteiger partial charge in [-0.05, 0) is 19.8 Å². The lowest BCUT2D eigenvalue weighted by Gasteiger charge is -2.39. The highest BCUT2D eigenvalue weighted by Gasteiger charge is 2.27. The van der Waals surface area contributed by atoms with Crippen molar-refractivity contribution < 1.29 is 4.74 Å². The summed E-state index contributed by atoms with van der Waals surface area (Å²) in [5.74, 6) is 6.39. The van der Waals surface area contributed by atoms with Gasteiger partial charge in [-0.3, -0.25) is 10.4 Å². The summed E-state index contributed by atoms with van der Waals surface area (Å²) in [6.07, 6.45) is 3.53. The second-order valence-electron chi connectivity index (χ2n) is 4.56. The van der Waals surface area contributed by atoms with Crippen molar-refractivity contribution >= 4 is 5.96 Å². The average molecular weight is 242 g/mol. The fraction of sp³-hybridized carbons (Fsp3) is 0.917. The first-order valence-corrected chi connectivity index (χ1v) is 6.62. The fourth-order valence-electron chi connectivity index (χ4n) is 2.00. The van der Waals surface area contributed by atoms with Gasteiger partial charge in [0.1, 0.15) is 0 Å². The Morgan fingerprint density at radius 1 is 1.53 bits per heavy atom. The van der Waals surface area contributed by atoms with Crippen LogP contribution in [0.25, 0.3) is 0 Å². The molecule has 0 bridgehead atoms. The van der Waals surface area contributed by atoms with E-state index in [9.17, 15) is 0 Å². The Hall–Kier alpha value is -0.810. The van der Waals surface area contributed by atoms with Crippen LogP contribution in [-0.4, -0.2) is 42.7 Å². The molecule has 0 radical (unpaired) electrons. The summed E-state index contributed by atoms with van der Waals surface area (Å²) in [5, 5.41) is 0. The molecule has 3 N–H and O–H groups in total. The number of morpholine rings is 1. The molecule has 0 aromatic heterocycles. The number of hydrazine groups is 1. The van der Waals surface area contributed by atoms with Crippen LogP contribution in [0.15, 0.2) is 4.99 Å². The molecule has 1 aliphatic heterocycles. The smallest absolute Gasteiger partial charge is 0.208 e. The zero-order valence-corrected chi connectivity index (χ0v) is 11.3. The summed E-state index contributed by atoms with van der Waals surface area (Å²) in [6, 6.07) is 0.377. The molecule has 100 valence electrons. The van der Waals surface area contributed by atoms with Crippen molar-refractivity contribution in [3.8, 4) is 0 Å². The van der Waals surface area contributed by atoms with Gasteiger partial charge in [0.05, 0.1) is 18.8 Å². The highest BCUT2D eigenvalue weighted by Crippen LogP contribution is 2.14. The maximum atomic E-state index is 5.67. The molecule has 2 unspecified atom stereocenters. The van der Waals surface area contributed by atoms with Gasteiger partial charge < -0.3 is 9.64 Å². The molecule has 5 nitrogen and oxygen atoms in total. The molecule has 0 aliphatic carbocycles. The van der Waals surface area contributed by atoms with Gasteiger partial charge in [0.2, 0.25) is 5.96 Å². The van der Waals surface area contributed by atoms with Gasteiger partial charge in [-0.2, -0.15) is 0 Å². The predicted octanol–water partition coefficient (Wildman–Crippen LogP) is 1.11. The second-order valence-corrected chi connectivity index (χ2v) is 4.56. The van der Waals surface area contributed by atoms with E-state index in [-0.39, 0.29) is 6.10 Å². The van der Waals surface area contributed by atoms with Crippen molar-refractivity contribution in [3.05, 3.63) is 0 Å². The van der Waals surface area contributed by atoms with E-state index in [2.05, 4.69) is 36.1 Å². The van der Waals surface area contributed by atoms with E-state index >= 15 is 0 Å².